The van der Waals surface area contributed by atoms with E-state index in [1.165, 1.54) is 23.5 Å². The first-order valence-corrected chi connectivity index (χ1v) is 10.0. The van der Waals surface area contributed by atoms with Crippen molar-refractivity contribution in [1.29, 1.82) is 0 Å². The third kappa shape index (κ3) is 5.13. The van der Waals surface area contributed by atoms with E-state index in [1.807, 2.05) is 49.1 Å². The third-order valence-electron chi connectivity index (χ3n) is 4.60. The van der Waals surface area contributed by atoms with Gasteiger partial charge in [0.15, 0.2) is 5.13 Å². The fraction of sp³-hybridized carbons (Fsp3) is 0.333. The van der Waals surface area contributed by atoms with Crippen molar-refractivity contribution in [2.45, 2.75) is 26.4 Å². The number of hydrogen-bond donors (Lipinski definition) is 2. The van der Waals surface area contributed by atoms with Gasteiger partial charge in [0, 0.05) is 12.6 Å². The predicted octanol–water partition coefficient (Wildman–Crippen LogP) is 3.89. The quantitative estimate of drug-likeness (QED) is 0.601. The molecule has 1 aromatic heterocycles. The van der Waals surface area contributed by atoms with Crippen LogP contribution in [0.2, 0.25) is 0 Å². The van der Waals surface area contributed by atoms with Gasteiger partial charge >= 0.3 is 0 Å². The van der Waals surface area contributed by atoms with E-state index in [0.29, 0.717) is 21.9 Å². The molecule has 3 aromatic rings. The second kappa shape index (κ2) is 9.23. The first kappa shape index (κ1) is 20.4. The first-order chi connectivity index (χ1) is 13.5. The van der Waals surface area contributed by atoms with Gasteiger partial charge in [-0.2, -0.15) is 0 Å². The molecule has 5 nitrogen and oxygen atoms in total. The number of aliphatic hydroxyl groups excluding tert-OH is 1. The van der Waals surface area contributed by atoms with Crippen LogP contribution < -0.4 is 5.32 Å². The van der Waals surface area contributed by atoms with Crippen LogP contribution >= 0.6 is 11.3 Å². The van der Waals surface area contributed by atoms with Crippen molar-refractivity contribution in [3.8, 4) is 0 Å². The maximum absolute atomic E-state index is 13.4. The van der Waals surface area contributed by atoms with Crippen LogP contribution in [0, 0.1) is 11.7 Å². The lowest BCUT2D eigenvalue weighted by molar-refractivity contribution is -0.118. The highest BCUT2D eigenvalue weighted by Gasteiger charge is 2.24. The summed E-state index contributed by atoms with van der Waals surface area (Å²) >= 11 is 1.24. The summed E-state index contributed by atoms with van der Waals surface area (Å²) in [7, 11) is 0. The average molecular weight is 402 g/mol. The summed E-state index contributed by atoms with van der Waals surface area (Å²) in [6, 6.07) is 14.1. The van der Waals surface area contributed by atoms with Crippen molar-refractivity contribution < 1.29 is 14.3 Å². The number of aromatic nitrogens is 1. The lowest BCUT2D eigenvalue weighted by atomic mass is 10.0. The van der Waals surface area contributed by atoms with E-state index in [-0.39, 0.29) is 36.8 Å². The topological polar surface area (TPSA) is 65.5 Å². The smallest absolute Gasteiger partial charge is 0.240 e. The zero-order valence-corrected chi connectivity index (χ0v) is 16.7. The molecule has 2 aromatic carbocycles. The molecule has 0 spiro atoms. The number of hydrogen-bond acceptors (Lipinski definition) is 5. The molecule has 0 aliphatic carbocycles. The molecule has 2 N–H and O–H groups in total. The van der Waals surface area contributed by atoms with E-state index in [4.69, 9.17) is 0 Å². The van der Waals surface area contributed by atoms with Crippen LogP contribution in [0.3, 0.4) is 0 Å². The molecule has 0 saturated heterocycles. The summed E-state index contributed by atoms with van der Waals surface area (Å²) in [4.78, 5) is 19.0. The molecule has 1 atom stereocenters. The molecule has 3 rings (SSSR count). The van der Waals surface area contributed by atoms with Gasteiger partial charge in [-0.05, 0) is 29.7 Å². The lowest BCUT2D eigenvalue weighted by Crippen LogP contribution is -2.45. The molecule has 0 aliphatic heterocycles. The number of amides is 1. The van der Waals surface area contributed by atoms with E-state index in [0.717, 1.165) is 5.56 Å². The molecule has 28 heavy (non-hydrogen) atoms. The molecule has 1 unspecified atom stereocenters. The van der Waals surface area contributed by atoms with Gasteiger partial charge in [0.1, 0.15) is 5.82 Å². The molecule has 0 aliphatic rings. The summed E-state index contributed by atoms with van der Waals surface area (Å²) in [5.74, 6) is -0.354. The second-order valence-electron chi connectivity index (χ2n) is 7.06. The minimum atomic E-state index is -0.328. The second-order valence-corrected chi connectivity index (χ2v) is 8.09. The molecule has 0 saturated carbocycles. The van der Waals surface area contributed by atoms with Gasteiger partial charge in [-0.15, -0.1) is 0 Å². The maximum atomic E-state index is 13.4. The standard InChI is InChI=1S/C21H24FN3O2S/c1-14(2)18(13-26)25(11-15-6-4-3-5-7-15)12-20(27)24-21-23-17-9-8-16(22)10-19(17)28-21/h3-10,14,18,26H,11-13H2,1-2H3,(H,23,24,27). The van der Waals surface area contributed by atoms with Crippen molar-refractivity contribution in [2.24, 2.45) is 5.92 Å². The largest absolute Gasteiger partial charge is 0.395 e. The SMILES string of the molecule is CC(C)C(CO)N(CC(=O)Nc1nc2ccc(F)cc2s1)Cc1ccccc1. The molecule has 7 heteroatoms. The fourth-order valence-electron chi connectivity index (χ4n) is 3.15. The van der Waals surface area contributed by atoms with E-state index in [2.05, 4.69) is 10.3 Å². The van der Waals surface area contributed by atoms with Crippen molar-refractivity contribution in [3.63, 3.8) is 0 Å². The van der Waals surface area contributed by atoms with Crippen LogP contribution in [0.25, 0.3) is 10.2 Å². The molecule has 0 bridgehead atoms. The monoisotopic (exact) mass is 401 g/mol. The molecule has 1 amide bonds. The fourth-order valence-corrected chi connectivity index (χ4v) is 4.06. The summed E-state index contributed by atoms with van der Waals surface area (Å²) in [6.45, 7) is 4.71. The van der Waals surface area contributed by atoms with Crippen LogP contribution in [-0.4, -0.2) is 40.1 Å². The van der Waals surface area contributed by atoms with Crippen LogP contribution in [0.1, 0.15) is 19.4 Å². The third-order valence-corrected chi connectivity index (χ3v) is 5.53. The normalized spacial score (nSPS) is 12.6. The Hall–Kier alpha value is -2.35. The number of thiazole rings is 1. The Morgan fingerprint density at radius 3 is 2.68 bits per heavy atom. The van der Waals surface area contributed by atoms with Gasteiger partial charge in [0.2, 0.25) is 5.91 Å². The van der Waals surface area contributed by atoms with Gasteiger partial charge in [-0.1, -0.05) is 55.5 Å². The van der Waals surface area contributed by atoms with Crippen LogP contribution in [0.5, 0.6) is 0 Å². The summed E-state index contributed by atoms with van der Waals surface area (Å²) in [5, 5.41) is 13.1. The van der Waals surface area contributed by atoms with E-state index >= 15 is 0 Å². The Morgan fingerprint density at radius 2 is 2.00 bits per heavy atom. The molecule has 1 heterocycles. The number of benzene rings is 2. The number of fused-ring (bicyclic) bond motifs is 1. The number of halogens is 1. The van der Waals surface area contributed by atoms with Crippen molar-refractivity contribution >= 4 is 32.6 Å². The highest BCUT2D eigenvalue weighted by Crippen LogP contribution is 2.26. The van der Waals surface area contributed by atoms with Gasteiger partial charge in [-0.25, -0.2) is 9.37 Å². The highest BCUT2D eigenvalue weighted by molar-refractivity contribution is 7.22. The number of nitrogens with one attached hydrogen (secondary N) is 1. The summed E-state index contributed by atoms with van der Waals surface area (Å²) in [6.07, 6.45) is 0. The van der Waals surface area contributed by atoms with Crippen molar-refractivity contribution in [3.05, 3.63) is 59.9 Å². The maximum Gasteiger partial charge on any atom is 0.240 e. The summed E-state index contributed by atoms with van der Waals surface area (Å²) < 4.78 is 14.0. The molecule has 0 fully saturated rings. The van der Waals surface area contributed by atoms with Crippen LogP contribution in [-0.2, 0) is 11.3 Å². The molecular formula is C21H24FN3O2S. The number of carbonyl (C=O) groups is 1. The van der Waals surface area contributed by atoms with Gasteiger partial charge in [0.25, 0.3) is 0 Å². The zero-order valence-electron chi connectivity index (χ0n) is 15.9. The van der Waals surface area contributed by atoms with Gasteiger partial charge < -0.3 is 10.4 Å². The summed E-state index contributed by atoms with van der Waals surface area (Å²) in [5.41, 5.74) is 1.73. The van der Waals surface area contributed by atoms with Crippen molar-refractivity contribution in [2.75, 3.05) is 18.5 Å². The molecule has 0 radical (unpaired) electrons. The molecule has 148 valence electrons. The van der Waals surface area contributed by atoms with E-state index < -0.39 is 0 Å². The zero-order chi connectivity index (χ0) is 20.1. The Balaban J connectivity index is 1.73. The van der Waals surface area contributed by atoms with Crippen LogP contribution in [0.4, 0.5) is 9.52 Å². The van der Waals surface area contributed by atoms with Gasteiger partial charge in [-0.3, -0.25) is 9.69 Å². The minimum absolute atomic E-state index is 0.0296. The Labute approximate surface area is 167 Å². The Morgan fingerprint density at radius 1 is 1.25 bits per heavy atom. The van der Waals surface area contributed by atoms with Crippen LogP contribution in [0.15, 0.2) is 48.5 Å². The lowest BCUT2D eigenvalue weighted by Gasteiger charge is -2.32. The molecular weight excluding hydrogens is 377 g/mol. The Kier molecular flexibility index (Phi) is 6.72. The minimum Gasteiger partial charge on any atom is -0.395 e. The number of nitrogens with zero attached hydrogens (tertiary/aromatic N) is 2. The van der Waals surface area contributed by atoms with E-state index in [9.17, 15) is 14.3 Å². The first-order valence-electron chi connectivity index (χ1n) is 9.21. The van der Waals surface area contributed by atoms with Crippen molar-refractivity contribution in [1.82, 2.24) is 9.88 Å². The predicted molar refractivity (Wildman–Crippen MR) is 111 cm³/mol. The number of anilines is 1. The Bertz CT molecular complexity index is 930. The number of rotatable bonds is 8. The highest BCUT2D eigenvalue weighted by atomic mass is 32.1. The number of aliphatic hydroxyl groups is 1. The average Bonchev–Trinajstić information content (AvgIpc) is 3.03. The van der Waals surface area contributed by atoms with Gasteiger partial charge in [0.05, 0.1) is 23.4 Å². The number of carbonyl (C=O) groups excluding carboxylic acids is 1. The van der Waals surface area contributed by atoms with E-state index in [1.54, 1.807) is 6.07 Å².